The second-order valence-corrected chi connectivity index (χ2v) is 3.40. The van der Waals surface area contributed by atoms with Gasteiger partial charge in [0.25, 0.3) is 0 Å². The Hall–Kier alpha value is -1.22. The van der Waals surface area contributed by atoms with Crippen LogP contribution in [0.4, 0.5) is 0 Å². The van der Waals surface area contributed by atoms with Crippen LogP contribution in [0.1, 0.15) is 25.3 Å². The lowest BCUT2D eigenvalue weighted by Crippen LogP contribution is -2.22. The van der Waals surface area contributed by atoms with Crippen LogP contribution in [0.2, 0.25) is 0 Å². The maximum Gasteiger partial charge on any atom is 0.157 e. The van der Waals surface area contributed by atoms with E-state index >= 15 is 0 Å². The first-order valence-electron chi connectivity index (χ1n) is 4.30. The molecular formula is C10H15NO2. The summed E-state index contributed by atoms with van der Waals surface area (Å²) < 4.78 is 0. The fourth-order valence-corrected chi connectivity index (χ4v) is 1.13. The Kier molecular flexibility index (Phi) is 2.78. The van der Waals surface area contributed by atoms with Crippen molar-refractivity contribution in [3.63, 3.8) is 0 Å². The smallest absolute Gasteiger partial charge is 0.157 e. The normalized spacial score (nSPS) is 15.3. The van der Waals surface area contributed by atoms with Crippen molar-refractivity contribution in [3.8, 4) is 11.5 Å². The molecule has 0 aliphatic rings. The molecule has 1 rings (SSSR count). The van der Waals surface area contributed by atoms with Crippen molar-refractivity contribution < 1.29 is 10.2 Å². The van der Waals surface area contributed by atoms with Crippen LogP contribution in [0.25, 0.3) is 0 Å². The van der Waals surface area contributed by atoms with Gasteiger partial charge >= 0.3 is 0 Å². The highest BCUT2D eigenvalue weighted by molar-refractivity contribution is 5.41. The lowest BCUT2D eigenvalue weighted by Gasteiger charge is -2.16. The lowest BCUT2D eigenvalue weighted by molar-refractivity contribution is 0.402. The summed E-state index contributed by atoms with van der Waals surface area (Å²) in [5.41, 5.74) is 6.65. The molecule has 0 aliphatic carbocycles. The molecule has 2 atom stereocenters. The molecule has 0 radical (unpaired) electrons. The minimum Gasteiger partial charge on any atom is -0.504 e. The van der Waals surface area contributed by atoms with E-state index in [1.54, 1.807) is 12.1 Å². The summed E-state index contributed by atoms with van der Waals surface area (Å²) in [6, 6.07) is 4.82. The minimum atomic E-state index is -0.0966. The molecule has 0 saturated carbocycles. The Bertz CT molecular complexity index is 297. The van der Waals surface area contributed by atoms with Gasteiger partial charge in [0.1, 0.15) is 0 Å². The van der Waals surface area contributed by atoms with Gasteiger partial charge in [0.05, 0.1) is 0 Å². The topological polar surface area (TPSA) is 66.5 Å². The number of phenols is 2. The van der Waals surface area contributed by atoms with E-state index in [0.29, 0.717) is 0 Å². The van der Waals surface area contributed by atoms with Crippen molar-refractivity contribution in [1.82, 2.24) is 0 Å². The third-order valence-corrected chi connectivity index (χ3v) is 2.31. The standard InChI is InChI=1S/C10H15NO2/c1-6(7(2)11)8-3-4-9(12)10(13)5-8/h3-7,12-13H,11H2,1-2H3/t6-,7+/m1/s1. The van der Waals surface area contributed by atoms with Gasteiger partial charge in [0.2, 0.25) is 0 Å². The van der Waals surface area contributed by atoms with E-state index in [9.17, 15) is 5.11 Å². The molecule has 1 aromatic carbocycles. The second kappa shape index (κ2) is 3.66. The molecule has 0 heterocycles. The summed E-state index contributed by atoms with van der Waals surface area (Å²) in [6.07, 6.45) is 0. The minimum absolute atomic E-state index is 0.0314. The highest BCUT2D eigenvalue weighted by Gasteiger charge is 2.11. The molecule has 1 aromatic rings. The van der Waals surface area contributed by atoms with Gasteiger partial charge < -0.3 is 15.9 Å². The fourth-order valence-electron chi connectivity index (χ4n) is 1.13. The van der Waals surface area contributed by atoms with E-state index in [2.05, 4.69) is 0 Å². The van der Waals surface area contributed by atoms with Crippen LogP contribution in [-0.2, 0) is 0 Å². The molecule has 0 amide bonds. The highest BCUT2D eigenvalue weighted by Crippen LogP contribution is 2.29. The second-order valence-electron chi connectivity index (χ2n) is 3.40. The van der Waals surface area contributed by atoms with Crippen molar-refractivity contribution in [2.45, 2.75) is 25.8 Å². The zero-order valence-corrected chi connectivity index (χ0v) is 7.86. The largest absolute Gasteiger partial charge is 0.504 e. The average Bonchev–Trinajstić information content (AvgIpc) is 2.08. The monoisotopic (exact) mass is 181 g/mol. The Labute approximate surface area is 77.8 Å². The average molecular weight is 181 g/mol. The van der Waals surface area contributed by atoms with Crippen molar-refractivity contribution in [2.75, 3.05) is 0 Å². The molecule has 0 saturated heterocycles. The van der Waals surface area contributed by atoms with Crippen LogP contribution in [-0.4, -0.2) is 16.3 Å². The molecule has 3 nitrogen and oxygen atoms in total. The Morgan fingerprint density at radius 1 is 1.15 bits per heavy atom. The first-order chi connectivity index (χ1) is 6.02. The lowest BCUT2D eigenvalue weighted by atomic mass is 9.95. The van der Waals surface area contributed by atoms with E-state index in [4.69, 9.17) is 10.8 Å². The molecule has 3 heteroatoms. The van der Waals surface area contributed by atoms with Gasteiger partial charge in [0.15, 0.2) is 11.5 Å². The number of nitrogens with two attached hydrogens (primary N) is 1. The van der Waals surface area contributed by atoms with Gasteiger partial charge in [-0.1, -0.05) is 13.0 Å². The van der Waals surface area contributed by atoms with Crippen molar-refractivity contribution >= 4 is 0 Å². The van der Waals surface area contributed by atoms with E-state index in [0.717, 1.165) is 5.56 Å². The van der Waals surface area contributed by atoms with E-state index < -0.39 is 0 Å². The zero-order valence-electron chi connectivity index (χ0n) is 7.86. The van der Waals surface area contributed by atoms with E-state index in [1.807, 2.05) is 13.8 Å². The molecule has 13 heavy (non-hydrogen) atoms. The van der Waals surface area contributed by atoms with Gasteiger partial charge in [0, 0.05) is 6.04 Å². The Balaban J connectivity index is 2.97. The van der Waals surface area contributed by atoms with Crippen LogP contribution < -0.4 is 5.73 Å². The maximum atomic E-state index is 9.24. The molecule has 0 spiro atoms. The van der Waals surface area contributed by atoms with Crippen LogP contribution >= 0.6 is 0 Å². The number of hydrogen-bond donors (Lipinski definition) is 3. The predicted octanol–water partition coefficient (Wildman–Crippen LogP) is 1.55. The van der Waals surface area contributed by atoms with Crippen molar-refractivity contribution in [3.05, 3.63) is 23.8 Å². The number of benzene rings is 1. The summed E-state index contributed by atoms with van der Waals surface area (Å²) in [7, 11) is 0. The number of phenolic OH excluding ortho intramolecular Hbond substituents is 2. The molecule has 72 valence electrons. The third-order valence-electron chi connectivity index (χ3n) is 2.31. The van der Waals surface area contributed by atoms with Crippen LogP contribution in [0.5, 0.6) is 11.5 Å². The predicted molar refractivity (Wildman–Crippen MR) is 51.8 cm³/mol. The Morgan fingerprint density at radius 3 is 2.23 bits per heavy atom. The molecule has 0 fully saturated rings. The summed E-state index contributed by atoms with van der Waals surface area (Å²) in [5.74, 6) is -0.0166. The number of rotatable bonds is 2. The molecule has 4 N–H and O–H groups in total. The first-order valence-corrected chi connectivity index (χ1v) is 4.30. The van der Waals surface area contributed by atoms with Gasteiger partial charge in [-0.05, 0) is 30.5 Å². The van der Waals surface area contributed by atoms with Crippen molar-refractivity contribution in [2.24, 2.45) is 5.73 Å². The Morgan fingerprint density at radius 2 is 1.77 bits per heavy atom. The molecule has 0 unspecified atom stereocenters. The van der Waals surface area contributed by atoms with E-state index in [1.165, 1.54) is 6.07 Å². The van der Waals surface area contributed by atoms with Gasteiger partial charge in [-0.25, -0.2) is 0 Å². The summed E-state index contributed by atoms with van der Waals surface area (Å²) in [5, 5.41) is 18.3. The summed E-state index contributed by atoms with van der Waals surface area (Å²) >= 11 is 0. The molecule has 0 bridgehead atoms. The van der Waals surface area contributed by atoms with Crippen LogP contribution in [0.3, 0.4) is 0 Å². The molecular weight excluding hydrogens is 166 g/mol. The SMILES string of the molecule is C[C@H](N)[C@@H](C)c1ccc(O)c(O)c1. The van der Waals surface area contributed by atoms with E-state index in [-0.39, 0.29) is 23.5 Å². The number of aromatic hydroxyl groups is 2. The van der Waals surface area contributed by atoms with Gasteiger partial charge in [-0.15, -0.1) is 0 Å². The number of hydrogen-bond acceptors (Lipinski definition) is 3. The van der Waals surface area contributed by atoms with Gasteiger partial charge in [-0.2, -0.15) is 0 Å². The zero-order chi connectivity index (χ0) is 10.0. The van der Waals surface area contributed by atoms with Crippen LogP contribution in [0, 0.1) is 0 Å². The highest BCUT2D eigenvalue weighted by atomic mass is 16.3. The molecule has 0 aliphatic heterocycles. The quantitative estimate of drug-likeness (QED) is 0.606. The maximum absolute atomic E-state index is 9.24. The van der Waals surface area contributed by atoms with Crippen molar-refractivity contribution in [1.29, 1.82) is 0 Å². The molecule has 0 aromatic heterocycles. The summed E-state index contributed by atoms with van der Waals surface area (Å²) in [4.78, 5) is 0. The first kappa shape index (κ1) is 9.86. The van der Waals surface area contributed by atoms with Gasteiger partial charge in [-0.3, -0.25) is 0 Å². The summed E-state index contributed by atoms with van der Waals surface area (Å²) in [6.45, 7) is 3.89. The fraction of sp³-hybridized carbons (Fsp3) is 0.400. The third kappa shape index (κ3) is 2.12. The van der Waals surface area contributed by atoms with Crippen LogP contribution in [0.15, 0.2) is 18.2 Å².